The van der Waals surface area contributed by atoms with Gasteiger partial charge in [0, 0.05) is 18.1 Å². The fourth-order valence-electron chi connectivity index (χ4n) is 2.03. The highest BCUT2D eigenvalue weighted by atomic mass is 32.2. The van der Waals surface area contributed by atoms with E-state index in [9.17, 15) is 18.0 Å². The maximum absolute atomic E-state index is 13.0. The van der Waals surface area contributed by atoms with Crippen molar-refractivity contribution in [1.29, 1.82) is 0 Å². The van der Waals surface area contributed by atoms with E-state index in [1.165, 1.54) is 25.3 Å². The second-order valence-corrected chi connectivity index (χ2v) is 7.64. The molecule has 0 aliphatic carbocycles. The number of anilines is 1. The Bertz CT molecular complexity index is 822. The number of nitrogens with zero attached hydrogens (tertiary/aromatic N) is 2. The Kier molecular flexibility index (Phi) is 6.10. The van der Waals surface area contributed by atoms with Crippen LogP contribution in [0.15, 0.2) is 46.8 Å². The van der Waals surface area contributed by atoms with Gasteiger partial charge in [0.15, 0.2) is 5.13 Å². The van der Waals surface area contributed by atoms with Crippen molar-refractivity contribution in [3.63, 3.8) is 0 Å². The van der Waals surface area contributed by atoms with Crippen LogP contribution in [0.2, 0.25) is 0 Å². The highest BCUT2D eigenvalue weighted by Crippen LogP contribution is 2.27. The number of urea groups is 1. The summed E-state index contributed by atoms with van der Waals surface area (Å²) in [5.74, 6) is -0.749. The Balaban J connectivity index is 2.38. The van der Waals surface area contributed by atoms with Crippen molar-refractivity contribution in [2.45, 2.75) is 24.8 Å². The minimum Gasteiger partial charge on any atom is -0.338 e. The van der Waals surface area contributed by atoms with Crippen LogP contribution >= 0.6 is 11.3 Å². The molecule has 25 heavy (non-hydrogen) atoms. The number of benzene rings is 1. The van der Waals surface area contributed by atoms with Crippen LogP contribution in [0.3, 0.4) is 0 Å². The van der Waals surface area contributed by atoms with Gasteiger partial charge in [-0.1, -0.05) is 18.2 Å². The zero-order valence-electron chi connectivity index (χ0n) is 13.7. The molecular formula is C15H18N4O4S2. The molecule has 0 radical (unpaired) electrons. The number of sulfonamides is 1. The molecule has 2 rings (SSSR count). The van der Waals surface area contributed by atoms with E-state index in [1.54, 1.807) is 30.5 Å². The van der Waals surface area contributed by atoms with E-state index in [0.717, 1.165) is 15.6 Å². The SMILES string of the molecule is CCNC(=O)NC(=O)[C@H](C)N(c1nccs1)S(=O)(=O)c1ccccc1. The number of imide groups is 1. The van der Waals surface area contributed by atoms with Gasteiger partial charge < -0.3 is 5.32 Å². The molecule has 1 heterocycles. The summed E-state index contributed by atoms with van der Waals surface area (Å²) in [6, 6.07) is 5.89. The van der Waals surface area contributed by atoms with Crippen molar-refractivity contribution < 1.29 is 18.0 Å². The largest absolute Gasteiger partial charge is 0.338 e. The molecule has 2 aromatic rings. The number of carbonyl (C=O) groups is 2. The first-order chi connectivity index (χ1) is 11.9. The molecule has 10 heteroatoms. The summed E-state index contributed by atoms with van der Waals surface area (Å²) in [5.41, 5.74) is 0. The predicted octanol–water partition coefficient (Wildman–Crippen LogP) is 1.57. The minimum atomic E-state index is -4.03. The van der Waals surface area contributed by atoms with E-state index < -0.39 is 28.0 Å². The molecule has 0 saturated carbocycles. The molecule has 1 aromatic carbocycles. The molecule has 3 amide bonds. The lowest BCUT2D eigenvalue weighted by molar-refractivity contribution is -0.120. The number of carbonyl (C=O) groups excluding carboxylic acids is 2. The van der Waals surface area contributed by atoms with Gasteiger partial charge in [0.05, 0.1) is 4.90 Å². The van der Waals surface area contributed by atoms with E-state index in [0.29, 0.717) is 6.54 Å². The van der Waals surface area contributed by atoms with Crippen molar-refractivity contribution in [2.75, 3.05) is 10.8 Å². The van der Waals surface area contributed by atoms with Crippen molar-refractivity contribution in [3.8, 4) is 0 Å². The number of hydrogen-bond acceptors (Lipinski definition) is 6. The molecule has 0 fully saturated rings. The first kappa shape index (κ1) is 18.9. The van der Waals surface area contributed by atoms with Crippen molar-refractivity contribution in [2.24, 2.45) is 0 Å². The predicted molar refractivity (Wildman–Crippen MR) is 94.9 cm³/mol. The van der Waals surface area contributed by atoms with Gasteiger partial charge in [0.2, 0.25) is 0 Å². The lowest BCUT2D eigenvalue weighted by Crippen LogP contribution is -2.51. The topological polar surface area (TPSA) is 108 Å². The van der Waals surface area contributed by atoms with Crippen LogP contribution in [-0.4, -0.2) is 37.9 Å². The van der Waals surface area contributed by atoms with Crippen LogP contribution in [0.4, 0.5) is 9.93 Å². The summed E-state index contributed by atoms with van der Waals surface area (Å²) in [7, 11) is -4.03. The first-order valence-electron chi connectivity index (χ1n) is 7.45. The first-order valence-corrected chi connectivity index (χ1v) is 9.77. The summed E-state index contributed by atoms with van der Waals surface area (Å²) >= 11 is 1.08. The van der Waals surface area contributed by atoms with Crippen LogP contribution in [0.5, 0.6) is 0 Å². The quantitative estimate of drug-likeness (QED) is 0.788. The Morgan fingerprint density at radius 1 is 1.28 bits per heavy atom. The summed E-state index contributed by atoms with van der Waals surface area (Å²) in [4.78, 5) is 27.9. The van der Waals surface area contributed by atoms with E-state index in [1.807, 2.05) is 0 Å². The Hall–Kier alpha value is -2.46. The van der Waals surface area contributed by atoms with Crippen LogP contribution in [-0.2, 0) is 14.8 Å². The van der Waals surface area contributed by atoms with Crippen molar-refractivity contribution in [1.82, 2.24) is 15.6 Å². The van der Waals surface area contributed by atoms with Crippen LogP contribution < -0.4 is 14.9 Å². The van der Waals surface area contributed by atoms with Gasteiger partial charge in [-0.2, -0.15) is 0 Å². The monoisotopic (exact) mass is 382 g/mol. The Labute approximate surface area is 149 Å². The second kappa shape index (κ2) is 8.08. The molecule has 1 atom stereocenters. The molecule has 0 spiro atoms. The maximum Gasteiger partial charge on any atom is 0.321 e. The average molecular weight is 382 g/mol. The summed E-state index contributed by atoms with van der Waals surface area (Å²) in [5, 5.41) is 6.30. The fourth-order valence-corrected chi connectivity index (χ4v) is 4.58. The zero-order valence-corrected chi connectivity index (χ0v) is 15.3. The molecule has 8 nitrogen and oxygen atoms in total. The molecule has 134 valence electrons. The van der Waals surface area contributed by atoms with E-state index in [4.69, 9.17) is 0 Å². The van der Waals surface area contributed by atoms with Gasteiger partial charge in [0.25, 0.3) is 15.9 Å². The van der Waals surface area contributed by atoms with Gasteiger partial charge in [-0.05, 0) is 26.0 Å². The molecule has 0 unspecified atom stereocenters. The summed E-state index contributed by atoms with van der Waals surface area (Å²) < 4.78 is 26.9. The molecule has 0 saturated heterocycles. The lowest BCUT2D eigenvalue weighted by atomic mass is 10.3. The third-order valence-electron chi connectivity index (χ3n) is 3.21. The second-order valence-electron chi connectivity index (χ2n) is 4.95. The Morgan fingerprint density at radius 2 is 1.96 bits per heavy atom. The molecule has 0 aliphatic rings. The van der Waals surface area contributed by atoms with E-state index in [2.05, 4.69) is 15.6 Å². The zero-order chi connectivity index (χ0) is 18.4. The van der Waals surface area contributed by atoms with Crippen molar-refractivity contribution >= 4 is 38.4 Å². The van der Waals surface area contributed by atoms with Crippen molar-refractivity contribution in [3.05, 3.63) is 41.9 Å². The number of hydrogen-bond donors (Lipinski definition) is 2. The Morgan fingerprint density at radius 3 is 2.52 bits per heavy atom. The molecule has 0 bridgehead atoms. The van der Waals surface area contributed by atoms with Gasteiger partial charge in [0.1, 0.15) is 6.04 Å². The van der Waals surface area contributed by atoms with Crippen LogP contribution in [0.25, 0.3) is 0 Å². The van der Waals surface area contributed by atoms with Gasteiger partial charge in [-0.25, -0.2) is 22.5 Å². The molecule has 0 aliphatic heterocycles. The number of aromatic nitrogens is 1. The summed E-state index contributed by atoms with van der Waals surface area (Å²) in [6.07, 6.45) is 1.45. The van der Waals surface area contributed by atoms with E-state index in [-0.39, 0.29) is 10.0 Å². The summed E-state index contributed by atoms with van der Waals surface area (Å²) in [6.45, 7) is 3.44. The maximum atomic E-state index is 13.0. The van der Waals surface area contributed by atoms with Crippen LogP contribution in [0.1, 0.15) is 13.8 Å². The van der Waals surface area contributed by atoms with Gasteiger partial charge in [-0.15, -0.1) is 11.3 Å². The highest BCUT2D eigenvalue weighted by molar-refractivity contribution is 7.93. The molecular weight excluding hydrogens is 364 g/mol. The lowest BCUT2D eigenvalue weighted by Gasteiger charge is -2.27. The third kappa shape index (κ3) is 4.34. The number of thiazole rings is 1. The average Bonchev–Trinajstić information content (AvgIpc) is 3.09. The standard InChI is InChI=1S/C15H18N4O4S2/c1-3-16-14(21)18-13(20)11(2)19(15-17-9-10-24-15)25(22,23)12-7-5-4-6-8-12/h4-11H,3H2,1-2H3,(H2,16,18,20,21)/t11-/m0/s1. The smallest absolute Gasteiger partial charge is 0.321 e. The van der Waals surface area contributed by atoms with Crippen LogP contribution in [0, 0.1) is 0 Å². The normalized spacial score (nSPS) is 12.2. The van der Waals surface area contributed by atoms with Gasteiger partial charge >= 0.3 is 6.03 Å². The number of nitrogens with one attached hydrogen (secondary N) is 2. The molecule has 1 aromatic heterocycles. The number of rotatable bonds is 6. The van der Waals surface area contributed by atoms with Gasteiger partial charge in [-0.3, -0.25) is 10.1 Å². The highest BCUT2D eigenvalue weighted by Gasteiger charge is 2.35. The van der Waals surface area contributed by atoms with E-state index >= 15 is 0 Å². The fraction of sp³-hybridized carbons (Fsp3) is 0.267. The molecule has 2 N–H and O–H groups in total. The number of amides is 3. The minimum absolute atomic E-state index is 0.0304. The third-order valence-corrected chi connectivity index (χ3v) is 5.97.